The van der Waals surface area contributed by atoms with Gasteiger partial charge in [0.05, 0.1) is 7.11 Å². The topological polar surface area (TPSA) is 55.4 Å². The molecule has 0 aromatic rings. The Balaban J connectivity index is 3.73. The number of ether oxygens (including phenoxy) is 1. The molecule has 0 saturated heterocycles. The zero-order valence-electron chi connectivity index (χ0n) is 12.6. The number of nitrogens with one attached hydrogen (secondary N) is 1. The van der Waals surface area contributed by atoms with E-state index in [2.05, 4.69) is 16.7 Å². The summed E-state index contributed by atoms with van der Waals surface area (Å²) in [6, 6.07) is -0.516. The zero-order chi connectivity index (χ0) is 14.7. The van der Waals surface area contributed by atoms with E-state index in [0.29, 0.717) is 0 Å². The second-order valence-electron chi connectivity index (χ2n) is 4.82. The Morgan fingerprint density at radius 1 is 1.26 bits per heavy atom. The molecule has 0 aliphatic rings. The Morgan fingerprint density at radius 3 is 2.42 bits per heavy atom. The van der Waals surface area contributed by atoms with Crippen LogP contribution in [0, 0.1) is 0 Å². The molecule has 0 heterocycles. The van der Waals surface area contributed by atoms with Crippen LogP contribution >= 0.6 is 17.9 Å². The van der Waals surface area contributed by atoms with Crippen LogP contribution in [0.5, 0.6) is 0 Å². The first-order chi connectivity index (χ1) is 8.93. The number of carbonyl (C=O) groups excluding carboxylic acids is 1. The normalized spacial score (nSPS) is 15.8. The highest BCUT2D eigenvalue weighted by atomic mass is 32.7. The molecule has 0 bridgehead atoms. The summed E-state index contributed by atoms with van der Waals surface area (Å²) in [6.45, 7) is 3.04. The lowest BCUT2D eigenvalue weighted by Crippen LogP contribution is -2.31. The highest BCUT2D eigenvalue weighted by molar-refractivity contribution is 8.57. The van der Waals surface area contributed by atoms with Crippen LogP contribution in [0.15, 0.2) is 0 Å². The third-order valence-electron chi connectivity index (χ3n) is 2.82. The van der Waals surface area contributed by atoms with Gasteiger partial charge in [0.2, 0.25) is 0 Å². The van der Waals surface area contributed by atoms with E-state index in [1.807, 2.05) is 0 Å². The van der Waals surface area contributed by atoms with E-state index in [4.69, 9.17) is 0 Å². The van der Waals surface area contributed by atoms with Gasteiger partial charge in [-0.15, -0.1) is 0 Å². The first kappa shape index (κ1) is 19.0. The van der Waals surface area contributed by atoms with Crippen molar-refractivity contribution in [1.29, 1.82) is 0 Å². The molecule has 0 rings (SSSR count). The van der Waals surface area contributed by atoms with Gasteiger partial charge in [-0.3, -0.25) is 9.36 Å². The molecule has 0 aromatic carbocycles. The van der Waals surface area contributed by atoms with E-state index in [1.54, 1.807) is 13.6 Å². The first-order valence-corrected chi connectivity index (χ1v) is 10.7. The molecule has 0 aliphatic carbocycles. The smallest absolute Gasteiger partial charge is 0.322 e. The standard InChI is InChI=1S/C13H28NO3PS/c1-5-6-7-8-9-10-11-19-18(4,16)14-12(2)13(15)17-3/h12H,5-11H2,1-4H3,(H,14,16)/t12-,18?/m0/s1. The number of hydrogen-bond donors (Lipinski definition) is 1. The lowest BCUT2D eigenvalue weighted by atomic mass is 10.1. The molecule has 0 spiro atoms. The van der Waals surface area contributed by atoms with Gasteiger partial charge in [-0.2, -0.15) is 0 Å². The van der Waals surface area contributed by atoms with Crippen LogP contribution in [0.2, 0.25) is 0 Å². The molecule has 0 aromatic heterocycles. The predicted octanol–water partition coefficient (Wildman–Crippen LogP) is 4.05. The molecule has 0 radical (unpaired) electrons. The molecule has 1 N–H and O–H groups in total. The number of unbranched alkanes of at least 4 members (excludes halogenated alkanes) is 5. The Hall–Kier alpha value is 0.0100. The van der Waals surface area contributed by atoms with Crippen molar-refractivity contribution >= 4 is 23.8 Å². The van der Waals surface area contributed by atoms with E-state index >= 15 is 0 Å². The summed E-state index contributed by atoms with van der Waals surface area (Å²) in [5.74, 6) is 0.503. The molecular formula is C13H28NO3PS. The SMILES string of the molecule is CCCCCCCCSP(C)(=O)N[C@@H](C)C(=O)OC. The Kier molecular flexibility index (Phi) is 10.8. The van der Waals surface area contributed by atoms with Crippen molar-refractivity contribution in [2.75, 3.05) is 19.5 Å². The fourth-order valence-electron chi connectivity index (χ4n) is 1.74. The molecule has 2 atom stereocenters. The number of methoxy groups -OCH3 is 1. The second-order valence-corrected chi connectivity index (χ2v) is 10.3. The fourth-order valence-corrected chi connectivity index (χ4v) is 5.44. The minimum absolute atomic E-state index is 0.373. The van der Waals surface area contributed by atoms with Crippen molar-refractivity contribution in [3.05, 3.63) is 0 Å². The van der Waals surface area contributed by atoms with Crippen LogP contribution < -0.4 is 5.09 Å². The minimum Gasteiger partial charge on any atom is -0.468 e. The third kappa shape index (κ3) is 10.5. The number of hydrogen-bond acceptors (Lipinski definition) is 4. The molecule has 114 valence electrons. The minimum atomic E-state index is -2.51. The van der Waals surface area contributed by atoms with E-state index in [9.17, 15) is 9.36 Å². The molecule has 1 unspecified atom stereocenters. The van der Waals surface area contributed by atoms with Gasteiger partial charge >= 0.3 is 5.97 Å². The lowest BCUT2D eigenvalue weighted by molar-refractivity contribution is -0.142. The summed E-state index contributed by atoms with van der Waals surface area (Å²) in [4.78, 5) is 11.3. The van der Waals surface area contributed by atoms with Gasteiger partial charge in [-0.05, 0) is 13.3 Å². The molecular weight excluding hydrogens is 281 g/mol. The maximum absolute atomic E-state index is 12.2. The average Bonchev–Trinajstić information content (AvgIpc) is 2.36. The van der Waals surface area contributed by atoms with Crippen LogP contribution in [0.4, 0.5) is 0 Å². The van der Waals surface area contributed by atoms with Crippen molar-refractivity contribution in [2.24, 2.45) is 0 Å². The summed E-state index contributed by atoms with van der Waals surface area (Å²) in [6.07, 6.45) is 7.39. The zero-order valence-corrected chi connectivity index (χ0v) is 14.3. The largest absolute Gasteiger partial charge is 0.468 e. The molecule has 19 heavy (non-hydrogen) atoms. The highest BCUT2D eigenvalue weighted by Crippen LogP contribution is 2.51. The first-order valence-electron chi connectivity index (χ1n) is 7.00. The predicted molar refractivity (Wildman–Crippen MR) is 84.0 cm³/mol. The summed E-state index contributed by atoms with van der Waals surface area (Å²) < 4.78 is 16.8. The quantitative estimate of drug-likeness (QED) is 0.354. The van der Waals surface area contributed by atoms with Crippen LogP contribution in [-0.2, 0) is 14.1 Å². The summed E-state index contributed by atoms with van der Waals surface area (Å²) in [5.41, 5.74) is 0. The third-order valence-corrected chi connectivity index (χ3v) is 6.98. The maximum Gasteiger partial charge on any atom is 0.322 e. The highest BCUT2D eigenvalue weighted by Gasteiger charge is 2.22. The Labute approximate surface area is 121 Å². The number of rotatable bonds is 11. The molecule has 0 fully saturated rings. The average molecular weight is 309 g/mol. The van der Waals surface area contributed by atoms with E-state index < -0.39 is 12.5 Å². The van der Waals surface area contributed by atoms with E-state index in [0.717, 1.165) is 12.2 Å². The maximum atomic E-state index is 12.2. The number of esters is 1. The second kappa shape index (κ2) is 10.8. The Bertz CT molecular complexity index is 300. The van der Waals surface area contributed by atoms with Crippen LogP contribution in [0.25, 0.3) is 0 Å². The monoisotopic (exact) mass is 309 g/mol. The lowest BCUT2D eigenvalue weighted by Gasteiger charge is -2.18. The van der Waals surface area contributed by atoms with Crippen molar-refractivity contribution in [3.8, 4) is 0 Å². The van der Waals surface area contributed by atoms with Gasteiger partial charge < -0.3 is 4.74 Å². The molecule has 0 amide bonds. The summed E-state index contributed by atoms with van der Waals surface area (Å²) in [5, 5.41) is 2.86. The Morgan fingerprint density at radius 2 is 1.84 bits per heavy atom. The molecule has 0 aliphatic heterocycles. The van der Waals surface area contributed by atoms with Crippen molar-refractivity contribution in [2.45, 2.75) is 58.4 Å². The van der Waals surface area contributed by atoms with E-state index in [-0.39, 0.29) is 5.97 Å². The fraction of sp³-hybridized carbons (Fsp3) is 0.923. The molecule has 6 heteroatoms. The van der Waals surface area contributed by atoms with Crippen LogP contribution in [-0.4, -0.2) is 31.5 Å². The summed E-state index contributed by atoms with van der Waals surface area (Å²) in [7, 11) is 1.34. The van der Waals surface area contributed by atoms with Crippen molar-refractivity contribution in [3.63, 3.8) is 0 Å². The molecule has 0 saturated carbocycles. The van der Waals surface area contributed by atoms with Gasteiger partial charge in [-0.1, -0.05) is 50.4 Å². The van der Waals surface area contributed by atoms with Gasteiger partial charge in [0.25, 0.3) is 0 Å². The molecule has 4 nitrogen and oxygen atoms in total. The van der Waals surface area contributed by atoms with Crippen molar-refractivity contribution < 1.29 is 14.1 Å². The number of carbonyl (C=O) groups is 1. The van der Waals surface area contributed by atoms with Crippen LogP contribution in [0.1, 0.15) is 52.4 Å². The van der Waals surface area contributed by atoms with E-state index in [1.165, 1.54) is 50.6 Å². The van der Waals surface area contributed by atoms with Crippen molar-refractivity contribution in [1.82, 2.24) is 5.09 Å². The van der Waals surface area contributed by atoms with Gasteiger partial charge in [0.15, 0.2) is 6.49 Å². The van der Waals surface area contributed by atoms with Crippen LogP contribution in [0.3, 0.4) is 0 Å². The van der Waals surface area contributed by atoms with Gasteiger partial charge in [0, 0.05) is 12.4 Å². The van der Waals surface area contributed by atoms with Gasteiger partial charge in [-0.25, -0.2) is 5.09 Å². The summed E-state index contributed by atoms with van der Waals surface area (Å²) >= 11 is 1.44. The van der Waals surface area contributed by atoms with Gasteiger partial charge in [0.1, 0.15) is 6.04 Å².